The van der Waals surface area contributed by atoms with E-state index in [0.717, 1.165) is 11.1 Å². The van der Waals surface area contributed by atoms with Gasteiger partial charge in [-0.2, -0.15) is 0 Å². The van der Waals surface area contributed by atoms with Crippen molar-refractivity contribution in [2.45, 2.75) is 18.6 Å². The van der Waals surface area contributed by atoms with Crippen molar-refractivity contribution < 1.29 is 14.7 Å². The van der Waals surface area contributed by atoms with Gasteiger partial charge < -0.3 is 15.3 Å². The Balaban J connectivity index is 1.75. The van der Waals surface area contributed by atoms with E-state index in [4.69, 9.17) is 0 Å². The lowest BCUT2D eigenvalue weighted by molar-refractivity contribution is 0.0825. The predicted molar refractivity (Wildman–Crippen MR) is 90.8 cm³/mol. The number of rotatable bonds is 3. The normalized spacial score (nSPS) is 18.8. The number of fused-ring (bicyclic) bond motifs is 1. The highest BCUT2D eigenvalue weighted by Crippen LogP contribution is 2.31. The molecule has 0 fully saturated rings. The van der Waals surface area contributed by atoms with Gasteiger partial charge in [-0.15, -0.1) is 0 Å². The number of hydrogen-bond acceptors (Lipinski definition) is 3. The van der Waals surface area contributed by atoms with Gasteiger partial charge in [0, 0.05) is 31.6 Å². The number of benzene rings is 2. The maximum Gasteiger partial charge on any atom is 0.253 e. The molecule has 2 atom stereocenters. The van der Waals surface area contributed by atoms with E-state index in [1.807, 2.05) is 24.3 Å². The molecule has 3 rings (SSSR count). The highest BCUT2D eigenvalue weighted by molar-refractivity contribution is 5.97. The van der Waals surface area contributed by atoms with E-state index in [1.165, 1.54) is 4.90 Å². The third-order valence-electron chi connectivity index (χ3n) is 4.29. The van der Waals surface area contributed by atoms with Gasteiger partial charge in [-0.1, -0.05) is 24.3 Å². The van der Waals surface area contributed by atoms with Crippen molar-refractivity contribution in [2.75, 3.05) is 14.1 Å². The standard InChI is InChI=1S/C19H20N2O3/c1-21(2)19(24)13-9-7-12(8-10-13)18(23)20-17-15-6-4-3-5-14(15)11-16(17)22/h3-10,16-17,22H,11H2,1-2H3,(H,20,23)/t16-,17+/m0/s1. The lowest BCUT2D eigenvalue weighted by atomic mass is 10.1. The second-order valence-electron chi connectivity index (χ2n) is 6.20. The van der Waals surface area contributed by atoms with Crippen molar-refractivity contribution in [1.29, 1.82) is 0 Å². The molecule has 0 aliphatic heterocycles. The van der Waals surface area contributed by atoms with Gasteiger partial charge in [0.1, 0.15) is 0 Å². The van der Waals surface area contributed by atoms with Crippen LogP contribution in [0.4, 0.5) is 0 Å². The first-order chi connectivity index (χ1) is 11.5. The Labute approximate surface area is 140 Å². The van der Waals surface area contributed by atoms with Crippen LogP contribution in [0.2, 0.25) is 0 Å². The van der Waals surface area contributed by atoms with Crippen LogP contribution >= 0.6 is 0 Å². The van der Waals surface area contributed by atoms with Gasteiger partial charge in [0.2, 0.25) is 0 Å². The quantitative estimate of drug-likeness (QED) is 0.904. The number of carbonyl (C=O) groups is 2. The number of aliphatic hydroxyl groups is 1. The molecule has 0 unspecified atom stereocenters. The summed E-state index contributed by atoms with van der Waals surface area (Å²) in [6.45, 7) is 0. The summed E-state index contributed by atoms with van der Waals surface area (Å²) in [5.74, 6) is -0.373. The van der Waals surface area contributed by atoms with E-state index in [0.29, 0.717) is 17.5 Å². The number of nitrogens with one attached hydrogen (secondary N) is 1. The van der Waals surface area contributed by atoms with Crippen molar-refractivity contribution in [3.63, 3.8) is 0 Å². The molecule has 5 heteroatoms. The van der Waals surface area contributed by atoms with E-state index < -0.39 is 12.1 Å². The Kier molecular flexibility index (Phi) is 4.36. The number of aliphatic hydroxyl groups excluding tert-OH is 1. The third-order valence-corrected chi connectivity index (χ3v) is 4.29. The maximum absolute atomic E-state index is 12.5. The largest absolute Gasteiger partial charge is 0.390 e. The summed E-state index contributed by atoms with van der Waals surface area (Å²) in [6.07, 6.45) is -0.0850. The van der Waals surface area contributed by atoms with Gasteiger partial charge in [0.05, 0.1) is 12.1 Å². The summed E-state index contributed by atoms with van der Waals surface area (Å²) >= 11 is 0. The SMILES string of the molecule is CN(C)C(=O)c1ccc(C(=O)N[C@@H]2c3ccccc3C[C@@H]2O)cc1. The van der Waals surface area contributed by atoms with Crippen LogP contribution in [0.15, 0.2) is 48.5 Å². The number of amides is 2. The van der Waals surface area contributed by atoms with Gasteiger partial charge in [-0.05, 0) is 35.4 Å². The zero-order chi connectivity index (χ0) is 17.3. The van der Waals surface area contributed by atoms with Crippen molar-refractivity contribution in [2.24, 2.45) is 0 Å². The van der Waals surface area contributed by atoms with Gasteiger partial charge in [0.25, 0.3) is 11.8 Å². The first-order valence-corrected chi connectivity index (χ1v) is 7.86. The van der Waals surface area contributed by atoms with Crippen LogP contribution < -0.4 is 5.32 Å². The number of carbonyl (C=O) groups excluding carboxylic acids is 2. The second kappa shape index (κ2) is 6.45. The topological polar surface area (TPSA) is 69.6 Å². The molecule has 2 aromatic carbocycles. The highest BCUT2D eigenvalue weighted by atomic mass is 16.3. The van der Waals surface area contributed by atoms with Gasteiger partial charge in [0.15, 0.2) is 0 Å². The predicted octanol–water partition coefficient (Wildman–Crippen LogP) is 1.78. The zero-order valence-electron chi connectivity index (χ0n) is 13.7. The lowest BCUT2D eigenvalue weighted by Gasteiger charge is -2.18. The van der Waals surface area contributed by atoms with Crippen LogP contribution in [-0.4, -0.2) is 42.0 Å². The van der Waals surface area contributed by atoms with E-state index in [1.54, 1.807) is 38.4 Å². The first kappa shape index (κ1) is 16.2. The van der Waals surface area contributed by atoms with E-state index >= 15 is 0 Å². The van der Waals surface area contributed by atoms with Gasteiger partial charge in [-0.3, -0.25) is 9.59 Å². The molecule has 5 nitrogen and oxygen atoms in total. The van der Waals surface area contributed by atoms with Crippen LogP contribution in [0, 0.1) is 0 Å². The molecular weight excluding hydrogens is 304 g/mol. The summed E-state index contributed by atoms with van der Waals surface area (Å²) in [7, 11) is 3.36. The fraction of sp³-hybridized carbons (Fsp3) is 0.263. The Morgan fingerprint density at radius 2 is 1.67 bits per heavy atom. The average molecular weight is 324 g/mol. The summed E-state index contributed by atoms with van der Waals surface area (Å²) < 4.78 is 0. The van der Waals surface area contributed by atoms with E-state index in [9.17, 15) is 14.7 Å². The highest BCUT2D eigenvalue weighted by Gasteiger charge is 2.32. The summed E-state index contributed by atoms with van der Waals surface area (Å²) in [6, 6.07) is 13.8. The Hall–Kier alpha value is -2.66. The minimum absolute atomic E-state index is 0.109. The number of hydrogen-bond donors (Lipinski definition) is 2. The maximum atomic E-state index is 12.5. The average Bonchev–Trinajstić information content (AvgIpc) is 2.90. The Bertz CT molecular complexity index is 768. The fourth-order valence-electron chi connectivity index (χ4n) is 2.99. The molecule has 0 bridgehead atoms. The van der Waals surface area contributed by atoms with E-state index in [-0.39, 0.29) is 11.8 Å². The summed E-state index contributed by atoms with van der Waals surface area (Å²) in [4.78, 5) is 25.8. The van der Waals surface area contributed by atoms with Gasteiger partial charge >= 0.3 is 0 Å². The third kappa shape index (κ3) is 3.03. The molecule has 0 saturated heterocycles. The Morgan fingerprint density at radius 3 is 2.33 bits per heavy atom. The summed E-state index contributed by atoms with van der Waals surface area (Å²) in [5.41, 5.74) is 3.00. The van der Waals surface area contributed by atoms with Gasteiger partial charge in [-0.25, -0.2) is 0 Å². The first-order valence-electron chi connectivity index (χ1n) is 7.86. The Morgan fingerprint density at radius 1 is 1.04 bits per heavy atom. The van der Waals surface area contributed by atoms with Crippen molar-refractivity contribution in [3.05, 3.63) is 70.8 Å². The molecule has 0 spiro atoms. The van der Waals surface area contributed by atoms with Crippen molar-refractivity contribution in [1.82, 2.24) is 10.2 Å². The monoisotopic (exact) mass is 324 g/mol. The smallest absolute Gasteiger partial charge is 0.253 e. The van der Waals surface area contributed by atoms with Crippen molar-refractivity contribution in [3.8, 4) is 0 Å². The lowest BCUT2D eigenvalue weighted by Crippen LogP contribution is -2.33. The zero-order valence-corrected chi connectivity index (χ0v) is 13.7. The van der Waals surface area contributed by atoms with E-state index in [2.05, 4.69) is 5.32 Å². The molecule has 2 amide bonds. The molecule has 2 N–H and O–H groups in total. The van der Waals surface area contributed by atoms with Crippen LogP contribution in [0.5, 0.6) is 0 Å². The molecule has 0 heterocycles. The molecular formula is C19H20N2O3. The molecule has 24 heavy (non-hydrogen) atoms. The second-order valence-corrected chi connectivity index (χ2v) is 6.20. The van der Waals surface area contributed by atoms with Crippen LogP contribution in [0.3, 0.4) is 0 Å². The molecule has 0 saturated carbocycles. The summed E-state index contributed by atoms with van der Waals surface area (Å²) in [5, 5.41) is 13.1. The molecule has 2 aromatic rings. The van der Waals surface area contributed by atoms with Crippen LogP contribution in [-0.2, 0) is 6.42 Å². The van der Waals surface area contributed by atoms with Crippen LogP contribution in [0.1, 0.15) is 37.9 Å². The van der Waals surface area contributed by atoms with Crippen molar-refractivity contribution >= 4 is 11.8 Å². The fourth-order valence-corrected chi connectivity index (χ4v) is 2.99. The molecule has 124 valence electrons. The minimum Gasteiger partial charge on any atom is -0.390 e. The molecule has 0 aromatic heterocycles. The minimum atomic E-state index is -0.624. The molecule has 1 aliphatic rings. The molecule has 0 radical (unpaired) electrons. The number of nitrogens with zero attached hydrogens (tertiary/aromatic N) is 1. The molecule has 1 aliphatic carbocycles. The van der Waals surface area contributed by atoms with Crippen LogP contribution in [0.25, 0.3) is 0 Å².